The second-order valence-electron chi connectivity index (χ2n) is 6.22. The number of amides is 1. The van der Waals surface area contributed by atoms with Gasteiger partial charge in [-0.1, -0.05) is 29.4 Å². The SMILES string of the molecule is N#Cc1ccc(C(N)[C@H]2CCC(=O)N2CCSc2nc(C(=O)O)cs2)cc1Cl. The minimum absolute atomic E-state index is 0.0299. The Kier molecular flexibility index (Phi) is 6.57. The van der Waals surface area contributed by atoms with Gasteiger partial charge < -0.3 is 15.7 Å². The second kappa shape index (κ2) is 8.92. The number of benzene rings is 1. The van der Waals surface area contributed by atoms with Gasteiger partial charge in [0.1, 0.15) is 6.07 Å². The first-order chi connectivity index (χ1) is 13.4. The average molecular weight is 437 g/mol. The monoisotopic (exact) mass is 436 g/mol. The third kappa shape index (κ3) is 4.47. The van der Waals surface area contributed by atoms with Crippen LogP contribution in [0.2, 0.25) is 5.02 Å². The molecule has 1 unspecified atom stereocenters. The van der Waals surface area contributed by atoms with Gasteiger partial charge in [0.25, 0.3) is 0 Å². The van der Waals surface area contributed by atoms with E-state index in [0.717, 1.165) is 5.56 Å². The van der Waals surface area contributed by atoms with Crippen molar-refractivity contribution in [2.75, 3.05) is 12.3 Å². The molecule has 28 heavy (non-hydrogen) atoms. The van der Waals surface area contributed by atoms with Gasteiger partial charge in [-0.3, -0.25) is 4.79 Å². The first-order valence-electron chi connectivity index (χ1n) is 8.47. The molecule has 2 atom stereocenters. The summed E-state index contributed by atoms with van der Waals surface area (Å²) in [6.45, 7) is 0.494. The van der Waals surface area contributed by atoms with E-state index in [-0.39, 0.29) is 17.6 Å². The van der Waals surface area contributed by atoms with Crippen LogP contribution in [0, 0.1) is 11.3 Å². The lowest BCUT2D eigenvalue weighted by Crippen LogP contribution is -2.41. The van der Waals surface area contributed by atoms with Crippen molar-refractivity contribution in [3.63, 3.8) is 0 Å². The highest BCUT2D eigenvalue weighted by atomic mass is 35.5. The van der Waals surface area contributed by atoms with Crippen molar-refractivity contribution in [1.29, 1.82) is 5.26 Å². The largest absolute Gasteiger partial charge is 0.476 e. The van der Waals surface area contributed by atoms with E-state index in [4.69, 9.17) is 27.7 Å². The molecule has 3 rings (SSSR count). The van der Waals surface area contributed by atoms with Gasteiger partial charge in [0, 0.05) is 24.1 Å². The number of hydrogen-bond donors (Lipinski definition) is 2. The van der Waals surface area contributed by atoms with E-state index in [1.165, 1.54) is 28.5 Å². The number of nitrogens with zero attached hydrogens (tertiary/aromatic N) is 3. The first kappa shape index (κ1) is 20.6. The lowest BCUT2D eigenvalue weighted by Gasteiger charge is -2.30. The van der Waals surface area contributed by atoms with Crippen LogP contribution < -0.4 is 5.73 Å². The van der Waals surface area contributed by atoms with Gasteiger partial charge in [-0.15, -0.1) is 11.3 Å². The quantitative estimate of drug-likeness (QED) is 0.639. The summed E-state index contributed by atoms with van der Waals surface area (Å²) in [6.07, 6.45) is 1.09. The zero-order valence-corrected chi connectivity index (χ0v) is 17.1. The Morgan fingerprint density at radius 3 is 3.00 bits per heavy atom. The molecule has 2 aromatic rings. The Bertz CT molecular complexity index is 943. The Hall–Kier alpha value is -2.12. The normalized spacial score (nSPS) is 17.5. The zero-order valence-electron chi connectivity index (χ0n) is 14.7. The van der Waals surface area contributed by atoms with Gasteiger partial charge >= 0.3 is 5.97 Å². The molecule has 1 aromatic heterocycles. The van der Waals surface area contributed by atoms with E-state index in [0.29, 0.717) is 40.1 Å². The van der Waals surface area contributed by atoms with Crippen molar-refractivity contribution >= 4 is 46.6 Å². The van der Waals surface area contributed by atoms with Crippen LogP contribution >= 0.6 is 34.7 Å². The molecule has 1 aliphatic heterocycles. The van der Waals surface area contributed by atoms with Crippen LogP contribution in [0.4, 0.5) is 0 Å². The lowest BCUT2D eigenvalue weighted by molar-refractivity contribution is -0.128. The third-order valence-electron chi connectivity index (χ3n) is 4.55. The van der Waals surface area contributed by atoms with Gasteiger partial charge in [0.2, 0.25) is 5.91 Å². The number of thioether (sulfide) groups is 1. The van der Waals surface area contributed by atoms with Crippen molar-refractivity contribution in [2.45, 2.75) is 29.3 Å². The molecule has 1 aromatic carbocycles. The van der Waals surface area contributed by atoms with E-state index < -0.39 is 12.0 Å². The number of carboxylic acid groups (broad SMARTS) is 1. The molecule has 7 nitrogen and oxygen atoms in total. The summed E-state index contributed by atoms with van der Waals surface area (Å²) in [4.78, 5) is 29.0. The highest BCUT2D eigenvalue weighted by Gasteiger charge is 2.35. The number of nitriles is 1. The number of carboxylic acids is 1. The van der Waals surface area contributed by atoms with Crippen molar-refractivity contribution < 1.29 is 14.7 Å². The molecular formula is C18H17ClN4O3S2. The summed E-state index contributed by atoms with van der Waals surface area (Å²) in [5.41, 5.74) is 7.62. The fourth-order valence-electron chi connectivity index (χ4n) is 3.12. The first-order valence-corrected chi connectivity index (χ1v) is 10.7. The fraction of sp³-hybridized carbons (Fsp3) is 0.333. The summed E-state index contributed by atoms with van der Waals surface area (Å²) in [5.74, 6) is -0.411. The van der Waals surface area contributed by atoms with Gasteiger partial charge in [-0.2, -0.15) is 5.26 Å². The molecule has 1 saturated heterocycles. The number of carbonyl (C=O) groups is 2. The molecule has 3 N–H and O–H groups in total. The molecule has 0 radical (unpaired) electrons. The lowest BCUT2D eigenvalue weighted by atomic mass is 9.97. The summed E-state index contributed by atoms with van der Waals surface area (Å²) in [7, 11) is 0. The maximum atomic E-state index is 12.3. The summed E-state index contributed by atoms with van der Waals surface area (Å²) in [5, 5.41) is 19.8. The Labute approximate surface area is 175 Å². The number of aromatic carboxylic acids is 1. The Morgan fingerprint density at radius 2 is 2.36 bits per heavy atom. The predicted octanol–water partition coefficient (Wildman–Crippen LogP) is 3.15. The van der Waals surface area contributed by atoms with E-state index >= 15 is 0 Å². The summed E-state index contributed by atoms with van der Waals surface area (Å²) in [6, 6.07) is 6.56. The van der Waals surface area contributed by atoms with Crippen LogP contribution in [0.15, 0.2) is 27.9 Å². The van der Waals surface area contributed by atoms with Gasteiger partial charge in [-0.05, 0) is 24.1 Å². The van der Waals surface area contributed by atoms with Crippen LogP contribution in [0.1, 0.15) is 40.5 Å². The summed E-state index contributed by atoms with van der Waals surface area (Å²) >= 11 is 8.80. The highest BCUT2D eigenvalue weighted by molar-refractivity contribution is 8.01. The maximum Gasteiger partial charge on any atom is 0.355 e. The topological polar surface area (TPSA) is 120 Å². The van der Waals surface area contributed by atoms with Gasteiger partial charge in [0.15, 0.2) is 10.0 Å². The number of aromatic nitrogens is 1. The van der Waals surface area contributed by atoms with Crippen LogP contribution in [0.3, 0.4) is 0 Å². The van der Waals surface area contributed by atoms with Gasteiger partial charge in [0.05, 0.1) is 22.7 Å². The molecule has 0 aliphatic carbocycles. The predicted molar refractivity (Wildman–Crippen MR) is 108 cm³/mol. The third-order valence-corrected chi connectivity index (χ3v) is 6.86. The smallest absolute Gasteiger partial charge is 0.355 e. The van der Waals surface area contributed by atoms with E-state index in [2.05, 4.69) is 4.98 Å². The zero-order chi connectivity index (χ0) is 20.3. The number of hydrogen-bond acceptors (Lipinski definition) is 7. The van der Waals surface area contributed by atoms with E-state index in [9.17, 15) is 9.59 Å². The molecular weight excluding hydrogens is 420 g/mol. The number of carbonyl (C=O) groups excluding carboxylic acids is 1. The number of thiazole rings is 1. The minimum atomic E-state index is -1.05. The van der Waals surface area contributed by atoms with Crippen molar-refractivity contribution in [1.82, 2.24) is 9.88 Å². The molecule has 1 amide bonds. The van der Waals surface area contributed by atoms with Crippen LogP contribution in [-0.2, 0) is 4.79 Å². The molecule has 0 spiro atoms. The highest BCUT2D eigenvalue weighted by Crippen LogP contribution is 2.31. The number of rotatable bonds is 7. The van der Waals surface area contributed by atoms with Crippen LogP contribution in [-0.4, -0.2) is 45.2 Å². The summed E-state index contributed by atoms with van der Waals surface area (Å²) < 4.78 is 0.656. The molecule has 0 saturated carbocycles. The van der Waals surface area contributed by atoms with Crippen molar-refractivity contribution in [3.8, 4) is 6.07 Å². The molecule has 2 heterocycles. The van der Waals surface area contributed by atoms with Crippen molar-refractivity contribution in [3.05, 3.63) is 45.4 Å². The number of nitrogens with two attached hydrogens (primary N) is 1. The van der Waals surface area contributed by atoms with E-state index in [1.807, 2.05) is 6.07 Å². The number of halogens is 1. The Morgan fingerprint density at radius 1 is 1.57 bits per heavy atom. The van der Waals surface area contributed by atoms with Crippen molar-refractivity contribution in [2.24, 2.45) is 5.73 Å². The fourth-order valence-corrected chi connectivity index (χ4v) is 5.16. The number of likely N-dealkylation sites (tertiary alicyclic amines) is 1. The average Bonchev–Trinajstić information content (AvgIpc) is 3.29. The van der Waals surface area contributed by atoms with Gasteiger partial charge in [-0.25, -0.2) is 9.78 Å². The Balaban J connectivity index is 1.64. The molecule has 146 valence electrons. The molecule has 10 heteroatoms. The molecule has 1 fully saturated rings. The molecule has 1 aliphatic rings. The van der Waals surface area contributed by atoms with E-state index in [1.54, 1.807) is 23.1 Å². The molecule has 0 bridgehead atoms. The van der Waals surface area contributed by atoms with Crippen LogP contribution in [0.25, 0.3) is 0 Å². The minimum Gasteiger partial charge on any atom is -0.476 e. The standard InChI is InChI=1S/C18H17ClN4O3S2/c19-12-7-10(1-2-11(12)8-20)16(21)14-3-4-15(24)23(14)5-6-27-18-22-13(9-28-18)17(25)26/h1-2,7,9,14,16H,3-6,21H2,(H,25,26)/t14-,16?/m1/s1. The van der Waals surface area contributed by atoms with Crippen LogP contribution in [0.5, 0.6) is 0 Å². The maximum absolute atomic E-state index is 12.3. The second-order valence-corrected chi connectivity index (χ2v) is 8.83.